The van der Waals surface area contributed by atoms with Crippen LogP contribution in [0.15, 0.2) is 18.3 Å². The first kappa shape index (κ1) is 14.0. The van der Waals surface area contributed by atoms with Crippen LogP contribution in [0.2, 0.25) is 0 Å². The lowest BCUT2D eigenvalue weighted by molar-refractivity contribution is 0.576. The van der Waals surface area contributed by atoms with Crippen molar-refractivity contribution in [2.75, 3.05) is 19.0 Å². The molecule has 1 heterocycles. The molecule has 0 aliphatic carbocycles. The van der Waals surface area contributed by atoms with Gasteiger partial charge in [-0.1, -0.05) is 19.9 Å². The normalized spacial score (nSPS) is 12.8. The van der Waals surface area contributed by atoms with Crippen LogP contribution < -0.4 is 10.2 Å². The monoisotopic (exact) mass is 235 g/mol. The van der Waals surface area contributed by atoms with Gasteiger partial charge in [-0.15, -0.1) is 0 Å². The molecule has 0 bridgehead atoms. The van der Waals surface area contributed by atoms with Crippen molar-refractivity contribution in [2.24, 2.45) is 0 Å². The molecule has 1 unspecified atom stereocenters. The third-order valence-electron chi connectivity index (χ3n) is 3.54. The smallest absolute Gasteiger partial charge is 0.133 e. The number of nitrogens with zero attached hydrogens (tertiary/aromatic N) is 2. The van der Waals surface area contributed by atoms with Crippen LogP contribution >= 0.6 is 0 Å². The number of hydrogen-bond donors (Lipinski definition) is 1. The molecule has 0 saturated heterocycles. The quantitative estimate of drug-likeness (QED) is 0.821. The Labute approximate surface area is 105 Å². The maximum absolute atomic E-state index is 4.55. The van der Waals surface area contributed by atoms with Crippen molar-refractivity contribution in [3.63, 3.8) is 0 Å². The lowest BCUT2D eigenvalue weighted by atomic mass is 10.1. The van der Waals surface area contributed by atoms with Gasteiger partial charge in [-0.2, -0.15) is 0 Å². The van der Waals surface area contributed by atoms with Crippen LogP contribution in [0, 0.1) is 0 Å². The van der Waals surface area contributed by atoms with Crippen LogP contribution in [0.1, 0.15) is 45.2 Å². The molecule has 1 N–H and O–H groups in total. The molecular weight excluding hydrogens is 210 g/mol. The van der Waals surface area contributed by atoms with Crippen molar-refractivity contribution in [1.82, 2.24) is 10.3 Å². The van der Waals surface area contributed by atoms with Gasteiger partial charge >= 0.3 is 0 Å². The topological polar surface area (TPSA) is 28.2 Å². The minimum absolute atomic E-state index is 0.329. The van der Waals surface area contributed by atoms with E-state index < -0.39 is 0 Å². The van der Waals surface area contributed by atoms with E-state index >= 15 is 0 Å². The zero-order valence-corrected chi connectivity index (χ0v) is 11.7. The number of aromatic nitrogens is 1. The first-order chi connectivity index (χ1) is 8.15. The summed E-state index contributed by atoms with van der Waals surface area (Å²) in [5.74, 6) is 1.10. The summed E-state index contributed by atoms with van der Waals surface area (Å²) in [6, 6.07) is 5.05. The first-order valence-corrected chi connectivity index (χ1v) is 6.50. The van der Waals surface area contributed by atoms with Crippen LogP contribution in [0.25, 0.3) is 0 Å². The molecule has 0 spiro atoms. The van der Waals surface area contributed by atoms with E-state index in [0.717, 1.165) is 18.7 Å². The van der Waals surface area contributed by atoms with E-state index in [-0.39, 0.29) is 0 Å². The van der Waals surface area contributed by atoms with Crippen molar-refractivity contribution >= 4 is 5.82 Å². The average Bonchev–Trinajstić information content (AvgIpc) is 2.39. The van der Waals surface area contributed by atoms with E-state index in [4.69, 9.17) is 0 Å². The summed E-state index contributed by atoms with van der Waals surface area (Å²) in [6.45, 7) is 6.63. The summed E-state index contributed by atoms with van der Waals surface area (Å²) in [5.41, 5.74) is 1.27. The van der Waals surface area contributed by atoms with Gasteiger partial charge in [0.2, 0.25) is 0 Å². The van der Waals surface area contributed by atoms with Crippen molar-refractivity contribution < 1.29 is 0 Å². The molecule has 0 amide bonds. The van der Waals surface area contributed by atoms with Crippen molar-refractivity contribution in [1.29, 1.82) is 0 Å². The van der Waals surface area contributed by atoms with Gasteiger partial charge in [0.25, 0.3) is 0 Å². The number of hydrogen-bond acceptors (Lipinski definition) is 3. The fourth-order valence-electron chi connectivity index (χ4n) is 2.21. The highest BCUT2D eigenvalue weighted by Gasteiger charge is 2.17. The third-order valence-corrected chi connectivity index (χ3v) is 3.54. The van der Waals surface area contributed by atoms with Gasteiger partial charge in [0.05, 0.1) is 0 Å². The molecule has 17 heavy (non-hydrogen) atoms. The molecule has 0 aliphatic rings. The second-order valence-corrected chi connectivity index (χ2v) is 4.51. The Bertz CT molecular complexity index is 334. The fraction of sp³-hybridized carbons (Fsp3) is 0.643. The average molecular weight is 235 g/mol. The Morgan fingerprint density at radius 3 is 2.53 bits per heavy atom. The summed E-state index contributed by atoms with van der Waals surface area (Å²) in [7, 11) is 4.13. The van der Waals surface area contributed by atoms with Gasteiger partial charge in [-0.25, -0.2) is 4.98 Å². The molecule has 1 rings (SSSR count). The highest BCUT2D eigenvalue weighted by molar-refractivity contribution is 5.48. The third kappa shape index (κ3) is 3.19. The second kappa shape index (κ2) is 6.60. The van der Waals surface area contributed by atoms with Gasteiger partial charge in [-0.05, 0) is 32.9 Å². The molecule has 0 fully saturated rings. The zero-order chi connectivity index (χ0) is 12.8. The molecule has 1 aromatic heterocycles. The molecule has 1 atom stereocenters. The summed E-state index contributed by atoms with van der Waals surface area (Å²) < 4.78 is 0. The van der Waals surface area contributed by atoms with Crippen molar-refractivity contribution in [3.05, 3.63) is 23.9 Å². The Balaban J connectivity index is 3.03. The van der Waals surface area contributed by atoms with Crippen LogP contribution in [-0.4, -0.2) is 25.1 Å². The summed E-state index contributed by atoms with van der Waals surface area (Å²) in [5, 5.41) is 3.28. The van der Waals surface area contributed by atoms with E-state index in [9.17, 15) is 0 Å². The molecule has 3 heteroatoms. The van der Waals surface area contributed by atoms with E-state index in [1.165, 1.54) is 5.56 Å². The zero-order valence-electron chi connectivity index (χ0n) is 11.7. The Hall–Kier alpha value is -1.09. The molecule has 0 saturated carbocycles. The Kier molecular flexibility index (Phi) is 5.42. The largest absolute Gasteiger partial charge is 0.356 e. The maximum Gasteiger partial charge on any atom is 0.133 e. The van der Waals surface area contributed by atoms with E-state index in [0.29, 0.717) is 12.1 Å². The Morgan fingerprint density at radius 1 is 1.35 bits per heavy atom. The van der Waals surface area contributed by atoms with Crippen molar-refractivity contribution in [2.45, 2.75) is 45.7 Å². The molecule has 96 valence electrons. The molecule has 0 radical (unpaired) electrons. The standard InChI is InChI=1S/C14H25N3/c1-6-12(7-2)17(5)14-13(11(3)15-4)9-8-10-16-14/h8-12,15H,6-7H2,1-5H3. The number of pyridine rings is 1. The SMILES string of the molecule is CCC(CC)N(C)c1ncccc1C(C)NC. The van der Waals surface area contributed by atoms with Crippen molar-refractivity contribution in [3.8, 4) is 0 Å². The first-order valence-electron chi connectivity index (χ1n) is 6.50. The summed E-state index contributed by atoms with van der Waals surface area (Å²) >= 11 is 0. The number of anilines is 1. The van der Waals surface area contributed by atoms with Crippen LogP contribution in [0.4, 0.5) is 5.82 Å². The van der Waals surface area contributed by atoms with Gasteiger partial charge in [-0.3, -0.25) is 0 Å². The minimum Gasteiger partial charge on any atom is -0.356 e. The van der Waals surface area contributed by atoms with E-state index in [1.807, 2.05) is 19.3 Å². The van der Waals surface area contributed by atoms with Crippen LogP contribution in [0.5, 0.6) is 0 Å². The molecule has 3 nitrogen and oxygen atoms in total. The summed E-state index contributed by atoms with van der Waals surface area (Å²) in [4.78, 5) is 6.86. The summed E-state index contributed by atoms with van der Waals surface area (Å²) in [6.07, 6.45) is 4.17. The predicted octanol–water partition coefficient (Wildman–Crippen LogP) is 2.99. The molecule has 1 aromatic rings. The predicted molar refractivity (Wildman–Crippen MR) is 74.5 cm³/mol. The lowest BCUT2D eigenvalue weighted by Crippen LogP contribution is -2.32. The molecule has 0 aliphatic heterocycles. The molecule has 0 aromatic carbocycles. The number of rotatable bonds is 6. The molecular formula is C14H25N3. The van der Waals surface area contributed by atoms with Gasteiger partial charge in [0.1, 0.15) is 5.82 Å². The highest BCUT2D eigenvalue weighted by Crippen LogP contribution is 2.25. The second-order valence-electron chi connectivity index (χ2n) is 4.51. The van der Waals surface area contributed by atoms with E-state index in [2.05, 4.69) is 49.1 Å². The number of nitrogens with one attached hydrogen (secondary N) is 1. The van der Waals surface area contributed by atoms with Gasteiger partial charge in [0.15, 0.2) is 0 Å². The lowest BCUT2D eigenvalue weighted by Gasteiger charge is -2.30. The fourth-order valence-corrected chi connectivity index (χ4v) is 2.21. The van der Waals surface area contributed by atoms with Gasteiger partial charge < -0.3 is 10.2 Å². The Morgan fingerprint density at radius 2 is 2.00 bits per heavy atom. The van der Waals surface area contributed by atoms with Gasteiger partial charge in [0, 0.05) is 30.9 Å². The highest BCUT2D eigenvalue weighted by atomic mass is 15.2. The minimum atomic E-state index is 0.329. The van der Waals surface area contributed by atoms with E-state index in [1.54, 1.807) is 0 Å². The van der Waals surface area contributed by atoms with Crippen LogP contribution in [-0.2, 0) is 0 Å². The maximum atomic E-state index is 4.55. The van der Waals surface area contributed by atoms with Crippen LogP contribution in [0.3, 0.4) is 0 Å².